The number of benzene rings is 2. The Morgan fingerprint density at radius 1 is 0.697 bits per heavy atom. The second-order valence-electron chi connectivity index (χ2n) is 7.71. The largest absolute Gasteiger partial charge is 0.382 e. The van der Waals surface area contributed by atoms with Gasteiger partial charge in [-0.1, -0.05) is 0 Å². The SMILES string of the molecule is COCCOCCOCCn1c2ccc(-n3ccnc3)cc2c2cc(-n3ccnc3)ccc21. The van der Waals surface area contributed by atoms with E-state index in [1.807, 2.05) is 34.2 Å². The molecule has 2 aromatic carbocycles. The summed E-state index contributed by atoms with van der Waals surface area (Å²) in [5, 5.41) is 2.39. The summed E-state index contributed by atoms with van der Waals surface area (Å²) in [6, 6.07) is 13.0. The fourth-order valence-corrected chi connectivity index (χ4v) is 4.09. The Morgan fingerprint density at radius 2 is 1.24 bits per heavy atom. The van der Waals surface area contributed by atoms with E-state index in [0.29, 0.717) is 33.0 Å². The maximum atomic E-state index is 5.84. The number of fused-ring (bicyclic) bond motifs is 3. The molecule has 3 aromatic heterocycles. The van der Waals surface area contributed by atoms with Crippen LogP contribution in [0, 0.1) is 0 Å². The van der Waals surface area contributed by atoms with E-state index >= 15 is 0 Å². The Kier molecular flexibility index (Phi) is 6.48. The molecule has 0 saturated heterocycles. The third kappa shape index (κ3) is 4.54. The van der Waals surface area contributed by atoms with E-state index in [9.17, 15) is 0 Å². The first-order chi connectivity index (χ1) is 16.3. The number of hydrogen-bond acceptors (Lipinski definition) is 5. The van der Waals surface area contributed by atoms with Crippen LogP contribution in [0.3, 0.4) is 0 Å². The zero-order chi connectivity index (χ0) is 22.5. The van der Waals surface area contributed by atoms with Crippen molar-refractivity contribution in [3.63, 3.8) is 0 Å². The highest BCUT2D eigenvalue weighted by molar-refractivity contribution is 6.09. The van der Waals surface area contributed by atoms with Crippen molar-refractivity contribution < 1.29 is 14.2 Å². The molecule has 0 unspecified atom stereocenters. The minimum Gasteiger partial charge on any atom is -0.382 e. The van der Waals surface area contributed by atoms with Gasteiger partial charge in [0, 0.05) is 71.6 Å². The van der Waals surface area contributed by atoms with Gasteiger partial charge in [-0.2, -0.15) is 0 Å². The van der Waals surface area contributed by atoms with Gasteiger partial charge < -0.3 is 27.9 Å². The van der Waals surface area contributed by atoms with Crippen molar-refractivity contribution in [2.45, 2.75) is 6.54 Å². The summed E-state index contributed by atoms with van der Waals surface area (Å²) >= 11 is 0. The summed E-state index contributed by atoms with van der Waals surface area (Å²) in [4.78, 5) is 8.38. The second kappa shape index (κ2) is 9.99. The molecule has 5 rings (SSSR count). The summed E-state index contributed by atoms with van der Waals surface area (Å²) in [6.45, 7) is 3.69. The molecule has 5 aromatic rings. The summed E-state index contributed by atoms with van der Waals surface area (Å²) in [6.07, 6.45) is 11.1. The monoisotopic (exact) mass is 445 g/mol. The first-order valence-electron chi connectivity index (χ1n) is 11.0. The molecular formula is C25H27N5O3. The van der Waals surface area contributed by atoms with Gasteiger partial charge in [-0.05, 0) is 36.4 Å². The van der Waals surface area contributed by atoms with Crippen LogP contribution in [0.4, 0.5) is 0 Å². The molecule has 3 heterocycles. The molecule has 0 spiro atoms. The molecule has 0 aliphatic carbocycles. The normalized spacial score (nSPS) is 11.7. The first-order valence-corrected chi connectivity index (χ1v) is 11.0. The van der Waals surface area contributed by atoms with Crippen molar-refractivity contribution in [1.29, 1.82) is 0 Å². The molecule has 170 valence electrons. The van der Waals surface area contributed by atoms with E-state index < -0.39 is 0 Å². The Labute approximate surface area is 192 Å². The predicted octanol–water partition coefficient (Wildman–Crippen LogP) is 3.85. The summed E-state index contributed by atoms with van der Waals surface area (Å²) < 4.78 is 22.7. The molecule has 0 amide bonds. The van der Waals surface area contributed by atoms with Crippen LogP contribution in [0.5, 0.6) is 0 Å². The van der Waals surface area contributed by atoms with Gasteiger partial charge in [-0.3, -0.25) is 0 Å². The van der Waals surface area contributed by atoms with Gasteiger partial charge >= 0.3 is 0 Å². The van der Waals surface area contributed by atoms with Crippen LogP contribution < -0.4 is 0 Å². The van der Waals surface area contributed by atoms with Crippen molar-refractivity contribution in [2.75, 3.05) is 40.1 Å². The molecule has 0 radical (unpaired) electrons. The third-order valence-corrected chi connectivity index (χ3v) is 5.70. The molecule has 8 heteroatoms. The van der Waals surface area contributed by atoms with Gasteiger partial charge in [0.05, 0.1) is 45.7 Å². The van der Waals surface area contributed by atoms with E-state index in [1.54, 1.807) is 19.5 Å². The van der Waals surface area contributed by atoms with E-state index in [1.165, 1.54) is 21.8 Å². The van der Waals surface area contributed by atoms with E-state index in [-0.39, 0.29) is 0 Å². The topological polar surface area (TPSA) is 68.3 Å². The molecule has 0 bridgehead atoms. The van der Waals surface area contributed by atoms with Crippen LogP contribution in [0.2, 0.25) is 0 Å². The Morgan fingerprint density at radius 3 is 1.76 bits per heavy atom. The smallest absolute Gasteiger partial charge is 0.0991 e. The number of aromatic nitrogens is 5. The van der Waals surface area contributed by atoms with Crippen LogP contribution in [0.1, 0.15) is 0 Å². The van der Waals surface area contributed by atoms with Crippen molar-refractivity contribution in [1.82, 2.24) is 23.7 Å². The standard InChI is InChI=1S/C25H27N5O3/c1-31-12-13-33-15-14-32-11-10-30-24-4-2-20(28-8-6-26-18-28)16-22(24)23-17-21(3-5-25(23)30)29-9-7-27-19-29/h2-9,16-19H,10-15H2,1H3. The number of hydrogen-bond donors (Lipinski definition) is 0. The van der Waals surface area contributed by atoms with Crippen molar-refractivity contribution >= 4 is 21.8 Å². The van der Waals surface area contributed by atoms with Gasteiger partial charge in [0.15, 0.2) is 0 Å². The molecule has 0 aliphatic heterocycles. The van der Waals surface area contributed by atoms with E-state index in [0.717, 1.165) is 17.9 Å². The van der Waals surface area contributed by atoms with Crippen LogP contribution in [-0.2, 0) is 20.8 Å². The fraction of sp³-hybridized carbons (Fsp3) is 0.280. The maximum absolute atomic E-state index is 5.84. The van der Waals surface area contributed by atoms with Gasteiger partial charge in [-0.25, -0.2) is 9.97 Å². The molecule has 33 heavy (non-hydrogen) atoms. The molecule has 0 N–H and O–H groups in total. The fourth-order valence-electron chi connectivity index (χ4n) is 4.09. The average Bonchev–Trinajstić information content (AvgIpc) is 3.61. The number of methoxy groups -OCH3 is 1. The van der Waals surface area contributed by atoms with Gasteiger partial charge in [0.25, 0.3) is 0 Å². The van der Waals surface area contributed by atoms with Crippen LogP contribution >= 0.6 is 0 Å². The lowest BCUT2D eigenvalue weighted by molar-refractivity contribution is 0.0234. The predicted molar refractivity (Wildman–Crippen MR) is 127 cm³/mol. The Balaban J connectivity index is 1.44. The minimum absolute atomic E-state index is 0.566. The zero-order valence-corrected chi connectivity index (χ0v) is 18.6. The molecule has 0 aliphatic rings. The van der Waals surface area contributed by atoms with Crippen LogP contribution in [0.25, 0.3) is 33.2 Å². The minimum atomic E-state index is 0.566. The second-order valence-corrected chi connectivity index (χ2v) is 7.71. The van der Waals surface area contributed by atoms with E-state index in [2.05, 4.69) is 50.9 Å². The van der Waals surface area contributed by atoms with Gasteiger partial charge in [0.2, 0.25) is 0 Å². The highest BCUT2D eigenvalue weighted by atomic mass is 16.5. The van der Waals surface area contributed by atoms with Crippen molar-refractivity contribution in [3.8, 4) is 11.4 Å². The van der Waals surface area contributed by atoms with E-state index in [4.69, 9.17) is 14.2 Å². The molecule has 8 nitrogen and oxygen atoms in total. The summed E-state index contributed by atoms with van der Waals surface area (Å²) in [5.41, 5.74) is 4.52. The quantitative estimate of drug-likeness (QED) is 0.289. The molecule has 0 atom stereocenters. The summed E-state index contributed by atoms with van der Waals surface area (Å²) in [5.74, 6) is 0. The van der Waals surface area contributed by atoms with Crippen molar-refractivity contribution in [2.24, 2.45) is 0 Å². The lowest BCUT2D eigenvalue weighted by atomic mass is 10.1. The van der Waals surface area contributed by atoms with Crippen LogP contribution in [0.15, 0.2) is 73.8 Å². The molecule has 0 fully saturated rings. The third-order valence-electron chi connectivity index (χ3n) is 5.70. The molecular weight excluding hydrogens is 418 g/mol. The lowest BCUT2D eigenvalue weighted by Gasteiger charge is -2.10. The number of rotatable bonds is 11. The average molecular weight is 446 g/mol. The Hall–Kier alpha value is -3.46. The highest BCUT2D eigenvalue weighted by Crippen LogP contribution is 2.32. The van der Waals surface area contributed by atoms with Gasteiger partial charge in [-0.15, -0.1) is 0 Å². The number of imidazole rings is 2. The van der Waals surface area contributed by atoms with Crippen LogP contribution in [-0.4, -0.2) is 63.8 Å². The highest BCUT2D eigenvalue weighted by Gasteiger charge is 2.13. The number of nitrogens with zero attached hydrogens (tertiary/aromatic N) is 5. The lowest BCUT2D eigenvalue weighted by Crippen LogP contribution is -2.11. The molecule has 0 saturated carbocycles. The first kappa shape index (κ1) is 21.4. The van der Waals surface area contributed by atoms with Gasteiger partial charge in [0.1, 0.15) is 0 Å². The Bertz CT molecular complexity index is 1220. The number of ether oxygens (including phenoxy) is 3. The van der Waals surface area contributed by atoms with Crippen molar-refractivity contribution in [3.05, 3.63) is 73.8 Å². The zero-order valence-electron chi connectivity index (χ0n) is 18.6. The summed E-state index contributed by atoms with van der Waals surface area (Å²) in [7, 11) is 1.67. The maximum Gasteiger partial charge on any atom is 0.0991 e.